The molecular formula is C36H56O14. The van der Waals surface area contributed by atoms with Crippen molar-refractivity contribution in [3.63, 3.8) is 0 Å². The quantitative estimate of drug-likeness (QED) is 0.136. The van der Waals surface area contributed by atoms with Crippen molar-refractivity contribution in [2.45, 2.75) is 151 Å². The Morgan fingerprint density at radius 2 is 1.62 bits per heavy atom. The lowest BCUT2D eigenvalue weighted by Gasteiger charge is -2.63. The lowest BCUT2D eigenvalue weighted by Crippen LogP contribution is -2.64. The fourth-order valence-corrected chi connectivity index (χ4v) is 11.7. The summed E-state index contributed by atoms with van der Waals surface area (Å²) in [6.07, 6.45) is -5.43. The molecule has 0 radical (unpaired) electrons. The highest BCUT2D eigenvalue weighted by Gasteiger charge is 2.70. The van der Waals surface area contributed by atoms with E-state index in [1.807, 2.05) is 0 Å². The molecule has 7 N–H and O–H groups in total. The second kappa shape index (κ2) is 13.5. The standard InChI is InChI=1S/C36H56O14/c1-16-30(50-32-28(42)27(41)26(40)23(14-37)49-32)31(45-4)29(43)33(47-16)48-19-7-9-34(2)18(12-19)5-6-21-20(34)8-10-35(3)25(17-11-24(39)46-15-17)22(38)13-36(21,35)44/h11,16,18-23,25-33,37-38,40-44H,5-10,12-15H2,1-4H3/t16?,18-,19+,20+,21-,22+,23?,25+,26-,27?,28+,29+,30+,31?,32+,33+,34+,35-,36+/m1/s1. The summed E-state index contributed by atoms with van der Waals surface area (Å²) in [5, 5.41) is 75.7. The number of hydrogen-bond donors (Lipinski definition) is 7. The van der Waals surface area contributed by atoms with E-state index in [9.17, 15) is 40.5 Å². The van der Waals surface area contributed by atoms with E-state index >= 15 is 0 Å². The van der Waals surface area contributed by atoms with Gasteiger partial charge in [-0.25, -0.2) is 4.79 Å². The number of rotatable bonds is 7. The fourth-order valence-electron chi connectivity index (χ4n) is 11.7. The van der Waals surface area contributed by atoms with Crippen LogP contribution in [0.4, 0.5) is 0 Å². The molecule has 3 aliphatic heterocycles. The first-order valence-electron chi connectivity index (χ1n) is 18.4. The van der Waals surface area contributed by atoms with Crippen LogP contribution in [0.1, 0.15) is 72.1 Å². The van der Waals surface area contributed by atoms with Gasteiger partial charge < -0.3 is 64.2 Å². The van der Waals surface area contributed by atoms with Crippen LogP contribution in [0.15, 0.2) is 11.6 Å². The van der Waals surface area contributed by atoms with Crippen molar-refractivity contribution in [2.24, 2.45) is 34.5 Å². The van der Waals surface area contributed by atoms with E-state index in [4.69, 9.17) is 28.4 Å². The number of fused-ring (bicyclic) bond motifs is 5. The third-order valence-electron chi connectivity index (χ3n) is 14.4. The molecule has 50 heavy (non-hydrogen) atoms. The molecule has 7 rings (SSSR count). The minimum absolute atomic E-state index is 0.0330. The Kier molecular flexibility index (Phi) is 10.0. The Bertz CT molecular complexity index is 1300. The van der Waals surface area contributed by atoms with Crippen LogP contribution in [0.25, 0.3) is 0 Å². The van der Waals surface area contributed by atoms with Crippen LogP contribution in [0.3, 0.4) is 0 Å². The summed E-state index contributed by atoms with van der Waals surface area (Å²) in [7, 11) is 1.42. The Morgan fingerprint density at radius 3 is 2.30 bits per heavy atom. The van der Waals surface area contributed by atoms with Crippen LogP contribution in [-0.2, 0) is 33.2 Å². The summed E-state index contributed by atoms with van der Waals surface area (Å²) in [6.45, 7) is 5.74. The molecule has 4 unspecified atom stereocenters. The molecule has 2 saturated heterocycles. The monoisotopic (exact) mass is 712 g/mol. The van der Waals surface area contributed by atoms with E-state index in [0.717, 1.165) is 50.5 Å². The first kappa shape index (κ1) is 37.1. The van der Waals surface area contributed by atoms with Gasteiger partial charge in [-0.3, -0.25) is 0 Å². The highest BCUT2D eigenvalue weighted by molar-refractivity contribution is 5.85. The summed E-state index contributed by atoms with van der Waals surface area (Å²) in [5.41, 5.74) is -0.841. The van der Waals surface area contributed by atoms with Gasteiger partial charge in [-0.2, -0.15) is 0 Å². The molecule has 4 aliphatic carbocycles. The summed E-state index contributed by atoms with van der Waals surface area (Å²) in [5.74, 6) is -0.0506. The molecule has 0 aromatic carbocycles. The van der Waals surface area contributed by atoms with Gasteiger partial charge in [0.05, 0.1) is 30.5 Å². The third-order valence-corrected chi connectivity index (χ3v) is 14.4. The number of carbonyl (C=O) groups is 1. The number of aliphatic hydroxyl groups is 7. The van der Waals surface area contributed by atoms with Crippen molar-refractivity contribution >= 4 is 5.97 Å². The Labute approximate surface area is 292 Å². The third kappa shape index (κ3) is 5.72. The predicted octanol–water partition coefficient (Wildman–Crippen LogP) is -0.0948. The molecule has 0 amide bonds. The Balaban J connectivity index is 1.000. The van der Waals surface area contributed by atoms with E-state index in [1.54, 1.807) is 6.92 Å². The van der Waals surface area contributed by atoms with E-state index in [-0.39, 0.29) is 41.8 Å². The van der Waals surface area contributed by atoms with Crippen molar-refractivity contribution in [3.05, 3.63) is 11.6 Å². The second-order valence-electron chi connectivity index (χ2n) is 16.7. The number of ether oxygens (including phenoxy) is 6. The maximum atomic E-state index is 12.5. The van der Waals surface area contributed by atoms with Crippen LogP contribution in [0.2, 0.25) is 0 Å². The lowest BCUT2D eigenvalue weighted by molar-refractivity contribution is -0.362. The molecule has 3 heterocycles. The summed E-state index contributed by atoms with van der Waals surface area (Å²) in [4.78, 5) is 11.9. The number of carbonyl (C=O) groups excluding carboxylic acids is 1. The largest absolute Gasteiger partial charge is 0.458 e. The molecule has 0 aromatic heterocycles. The molecule has 0 aromatic rings. The molecule has 6 fully saturated rings. The van der Waals surface area contributed by atoms with Gasteiger partial charge in [-0.1, -0.05) is 13.8 Å². The molecule has 7 aliphatic rings. The maximum absolute atomic E-state index is 12.5. The SMILES string of the molecule is COC1[C@@H](O[C@@H]2OC(CO)[C@@H](O)C(O)[C@@H]2O)C(C)O[C@@H](O[C@H]2CC[C@@]3(C)[C@H](CC[C@@H]4[C@@H]3CC[C@]3(C)[C@@H](C5=CC(=O)OC5)[C@@H](O)C[C@]43O)C2)[C@H]1O. The van der Waals surface area contributed by atoms with Crippen LogP contribution >= 0.6 is 0 Å². The van der Waals surface area contributed by atoms with Gasteiger partial charge >= 0.3 is 5.97 Å². The number of aliphatic hydroxyl groups excluding tert-OH is 6. The van der Waals surface area contributed by atoms with Crippen LogP contribution in [0, 0.1) is 34.5 Å². The van der Waals surface area contributed by atoms with Crippen molar-refractivity contribution in [1.82, 2.24) is 0 Å². The second-order valence-corrected chi connectivity index (χ2v) is 16.7. The van der Waals surface area contributed by atoms with Gasteiger partial charge in [0.2, 0.25) is 0 Å². The van der Waals surface area contributed by atoms with E-state index in [2.05, 4.69) is 13.8 Å². The first-order valence-corrected chi connectivity index (χ1v) is 18.4. The highest BCUT2D eigenvalue weighted by Crippen LogP contribution is 2.70. The van der Waals surface area contributed by atoms with Gasteiger partial charge in [0, 0.05) is 30.9 Å². The van der Waals surface area contributed by atoms with Crippen molar-refractivity contribution in [1.29, 1.82) is 0 Å². The average molecular weight is 713 g/mol. The first-order chi connectivity index (χ1) is 23.7. The molecular weight excluding hydrogens is 656 g/mol. The van der Waals surface area contributed by atoms with Crippen LogP contribution < -0.4 is 0 Å². The zero-order chi connectivity index (χ0) is 35.9. The smallest absolute Gasteiger partial charge is 0.331 e. The lowest BCUT2D eigenvalue weighted by atomic mass is 9.43. The zero-order valence-electron chi connectivity index (χ0n) is 29.4. The summed E-state index contributed by atoms with van der Waals surface area (Å²) < 4.78 is 35.0. The van der Waals surface area contributed by atoms with Gasteiger partial charge in [0.1, 0.15) is 49.3 Å². The van der Waals surface area contributed by atoms with Crippen molar-refractivity contribution < 1.29 is 69.0 Å². The van der Waals surface area contributed by atoms with E-state index in [0.29, 0.717) is 12.3 Å². The Hall–Kier alpha value is -1.27. The molecule has 0 spiro atoms. The summed E-state index contributed by atoms with van der Waals surface area (Å²) in [6, 6.07) is 0. The molecule has 0 bridgehead atoms. The van der Waals surface area contributed by atoms with Gasteiger partial charge in [-0.15, -0.1) is 0 Å². The van der Waals surface area contributed by atoms with Crippen molar-refractivity contribution in [2.75, 3.05) is 20.3 Å². The topological polar surface area (TPSA) is 214 Å². The molecule has 284 valence electrons. The molecule has 19 atom stereocenters. The molecule has 4 saturated carbocycles. The predicted molar refractivity (Wildman–Crippen MR) is 172 cm³/mol. The number of hydrogen-bond acceptors (Lipinski definition) is 14. The van der Waals surface area contributed by atoms with Crippen LogP contribution in [-0.4, -0.2) is 141 Å². The van der Waals surface area contributed by atoms with Crippen LogP contribution in [0.5, 0.6) is 0 Å². The van der Waals surface area contributed by atoms with E-state index in [1.165, 1.54) is 13.2 Å². The van der Waals surface area contributed by atoms with Gasteiger partial charge in [0.25, 0.3) is 0 Å². The summed E-state index contributed by atoms with van der Waals surface area (Å²) >= 11 is 0. The average Bonchev–Trinajstić information content (AvgIpc) is 3.59. The minimum atomic E-state index is -1.61. The van der Waals surface area contributed by atoms with Gasteiger partial charge in [-0.05, 0) is 80.6 Å². The highest BCUT2D eigenvalue weighted by atomic mass is 16.7. The van der Waals surface area contributed by atoms with Gasteiger partial charge in [0.15, 0.2) is 12.6 Å². The molecule has 14 nitrogen and oxygen atoms in total. The van der Waals surface area contributed by atoms with E-state index < -0.39 is 85.1 Å². The normalized spacial score (nSPS) is 55.1. The molecule has 14 heteroatoms. The Morgan fingerprint density at radius 1 is 0.880 bits per heavy atom. The fraction of sp³-hybridized carbons (Fsp3) is 0.917. The van der Waals surface area contributed by atoms with Crippen molar-refractivity contribution in [3.8, 4) is 0 Å². The number of methoxy groups -OCH3 is 1. The zero-order valence-corrected chi connectivity index (χ0v) is 29.4. The minimum Gasteiger partial charge on any atom is -0.458 e. The maximum Gasteiger partial charge on any atom is 0.331 e. The number of esters is 1. The number of cyclic esters (lactones) is 1.